The van der Waals surface area contributed by atoms with Gasteiger partial charge in [-0.15, -0.1) is 0 Å². The summed E-state index contributed by atoms with van der Waals surface area (Å²) in [5, 5.41) is 0. The van der Waals surface area contributed by atoms with Crippen molar-refractivity contribution < 1.29 is 14.3 Å². The molecule has 102 valence electrons. The molecule has 1 aromatic heterocycles. The van der Waals surface area contributed by atoms with Crippen LogP contribution in [0.3, 0.4) is 0 Å². The maximum Gasteiger partial charge on any atom is 0.310 e. The van der Waals surface area contributed by atoms with E-state index in [0.29, 0.717) is 18.7 Å². The van der Waals surface area contributed by atoms with Gasteiger partial charge in [0, 0.05) is 25.5 Å². The van der Waals surface area contributed by atoms with Gasteiger partial charge in [0.1, 0.15) is 0 Å². The molecule has 1 fully saturated rings. The first-order chi connectivity index (χ1) is 9.02. The zero-order chi connectivity index (χ0) is 14.0. The number of esters is 1. The molecule has 1 aliphatic rings. The number of likely N-dealkylation sites (tertiary alicyclic amines) is 1. The van der Waals surface area contributed by atoms with Crippen LogP contribution in [0.15, 0.2) is 18.5 Å². The average Bonchev–Trinajstić information content (AvgIpc) is 2.79. The summed E-state index contributed by atoms with van der Waals surface area (Å²) in [7, 11) is 1.38. The number of carbonyl (C=O) groups excluding carboxylic acids is 2. The van der Waals surface area contributed by atoms with Gasteiger partial charge in [0.15, 0.2) is 0 Å². The van der Waals surface area contributed by atoms with Gasteiger partial charge < -0.3 is 9.64 Å². The lowest BCUT2D eigenvalue weighted by Crippen LogP contribution is -2.30. The number of pyridine rings is 1. The molecule has 0 spiro atoms. The fourth-order valence-corrected chi connectivity index (χ4v) is 2.45. The number of aromatic nitrogens is 1. The predicted molar refractivity (Wildman–Crippen MR) is 69.5 cm³/mol. The molecular formula is C14H18N2O3. The zero-order valence-electron chi connectivity index (χ0n) is 11.4. The standard InChI is InChI=1S/C14H18N2O3/c1-9-4-11(6-15-5-9)13(17)16-7-10(2)12(8-16)14(18)19-3/h4-6,10,12H,7-8H2,1-3H3. The summed E-state index contributed by atoms with van der Waals surface area (Å²) in [5.74, 6) is -0.430. The van der Waals surface area contributed by atoms with Crippen LogP contribution in [0.4, 0.5) is 0 Å². The minimum Gasteiger partial charge on any atom is -0.469 e. The van der Waals surface area contributed by atoms with E-state index in [1.807, 2.05) is 19.9 Å². The van der Waals surface area contributed by atoms with E-state index in [0.717, 1.165) is 5.56 Å². The quantitative estimate of drug-likeness (QED) is 0.753. The van der Waals surface area contributed by atoms with Crippen LogP contribution in [0.5, 0.6) is 0 Å². The summed E-state index contributed by atoms with van der Waals surface area (Å²) in [5.41, 5.74) is 1.51. The number of carbonyl (C=O) groups is 2. The van der Waals surface area contributed by atoms with Crippen LogP contribution in [0.2, 0.25) is 0 Å². The van der Waals surface area contributed by atoms with Crippen LogP contribution in [-0.2, 0) is 9.53 Å². The predicted octanol–water partition coefficient (Wildman–Crippen LogP) is 1.27. The first-order valence-electron chi connectivity index (χ1n) is 6.31. The highest BCUT2D eigenvalue weighted by Gasteiger charge is 2.37. The normalized spacial score (nSPS) is 22.4. The highest BCUT2D eigenvalue weighted by atomic mass is 16.5. The molecule has 2 atom stereocenters. The smallest absolute Gasteiger partial charge is 0.310 e. The number of hydrogen-bond donors (Lipinski definition) is 0. The van der Waals surface area contributed by atoms with E-state index in [-0.39, 0.29) is 23.7 Å². The Kier molecular flexibility index (Phi) is 3.83. The highest BCUT2D eigenvalue weighted by molar-refractivity contribution is 5.94. The lowest BCUT2D eigenvalue weighted by molar-refractivity contribution is -0.146. The van der Waals surface area contributed by atoms with Crippen LogP contribution < -0.4 is 0 Å². The van der Waals surface area contributed by atoms with Gasteiger partial charge in [-0.25, -0.2) is 0 Å². The molecular weight excluding hydrogens is 244 g/mol. The fourth-order valence-electron chi connectivity index (χ4n) is 2.45. The minimum atomic E-state index is -0.245. The molecule has 0 N–H and O–H groups in total. The third-order valence-corrected chi connectivity index (χ3v) is 3.53. The monoisotopic (exact) mass is 262 g/mol. The van der Waals surface area contributed by atoms with Gasteiger partial charge in [-0.3, -0.25) is 14.6 Å². The Morgan fingerprint density at radius 1 is 1.37 bits per heavy atom. The number of methoxy groups -OCH3 is 1. The maximum atomic E-state index is 12.3. The number of aryl methyl sites for hydroxylation is 1. The number of rotatable bonds is 2. The van der Waals surface area contributed by atoms with E-state index >= 15 is 0 Å². The fraction of sp³-hybridized carbons (Fsp3) is 0.500. The average molecular weight is 262 g/mol. The molecule has 2 rings (SSSR count). The van der Waals surface area contributed by atoms with Gasteiger partial charge in [-0.1, -0.05) is 6.92 Å². The Morgan fingerprint density at radius 2 is 2.11 bits per heavy atom. The van der Waals surface area contributed by atoms with E-state index in [4.69, 9.17) is 4.74 Å². The zero-order valence-corrected chi connectivity index (χ0v) is 11.4. The number of hydrogen-bond acceptors (Lipinski definition) is 4. The molecule has 2 unspecified atom stereocenters. The molecule has 0 aliphatic carbocycles. The van der Waals surface area contributed by atoms with Gasteiger partial charge in [0.05, 0.1) is 18.6 Å². The lowest BCUT2D eigenvalue weighted by atomic mass is 9.99. The van der Waals surface area contributed by atoms with Crippen molar-refractivity contribution in [3.63, 3.8) is 0 Å². The first kappa shape index (κ1) is 13.5. The summed E-state index contributed by atoms with van der Waals surface area (Å²) in [6.07, 6.45) is 3.27. The molecule has 0 saturated carbocycles. The van der Waals surface area contributed by atoms with Crippen molar-refractivity contribution in [1.82, 2.24) is 9.88 Å². The lowest BCUT2D eigenvalue weighted by Gasteiger charge is -2.16. The van der Waals surface area contributed by atoms with E-state index in [9.17, 15) is 9.59 Å². The van der Waals surface area contributed by atoms with Crippen molar-refractivity contribution in [3.05, 3.63) is 29.6 Å². The Labute approximate surface area is 112 Å². The molecule has 1 aliphatic heterocycles. The van der Waals surface area contributed by atoms with Crippen molar-refractivity contribution in [1.29, 1.82) is 0 Å². The van der Waals surface area contributed by atoms with Gasteiger partial charge in [-0.2, -0.15) is 0 Å². The summed E-state index contributed by atoms with van der Waals surface area (Å²) < 4.78 is 4.77. The summed E-state index contributed by atoms with van der Waals surface area (Å²) in [4.78, 5) is 29.7. The molecule has 19 heavy (non-hydrogen) atoms. The molecule has 0 aromatic carbocycles. The van der Waals surface area contributed by atoms with Crippen LogP contribution in [0, 0.1) is 18.8 Å². The summed E-state index contributed by atoms with van der Waals surface area (Å²) in [6, 6.07) is 1.81. The number of nitrogens with zero attached hydrogens (tertiary/aromatic N) is 2. The second kappa shape index (κ2) is 5.38. The molecule has 0 radical (unpaired) electrons. The Bertz CT molecular complexity index is 501. The third-order valence-electron chi connectivity index (χ3n) is 3.53. The first-order valence-corrected chi connectivity index (χ1v) is 6.31. The Morgan fingerprint density at radius 3 is 2.74 bits per heavy atom. The van der Waals surface area contributed by atoms with Crippen molar-refractivity contribution >= 4 is 11.9 Å². The summed E-state index contributed by atoms with van der Waals surface area (Å²) in [6.45, 7) is 4.85. The second-order valence-corrected chi connectivity index (χ2v) is 5.07. The van der Waals surface area contributed by atoms with Crippen LogP contribution in [0.25, 0.3) is 0 Å². The molecule has 5 nitrogen and oxygen atoms in total. The van der Waals surface area contributed by atoms with Crippen LogP contribution in [-0.4, -0.2) is 42.0 Å². The molecule has 1 saturated heterocycles. The molecule has 1 aromatic rings. The molecule has 0 bridgehead atoms. The van der Waals surface area contributed by atoms with E-state index in [1.54, 1.807) is 17.3 Å². The number of ether oxygens (including phenoxy) is 1. The van der Waals surface area contributed by atoms with Gasteiger partial charge in [0.25, 0.3) is 5.91 Å². The van der Waals surface area contributed by atoms with Crippen LogP contribution >= 0.6 is 0 Å². The van der Waals surface area contributed by atoms with Crippen LogP contribution in [0.1, 0.15) is 22.8 Å². The van der Waals surface area contributed by atoms with Gasteiger partial charge in [0.2, 0.25) is 0 Å². The highest BCUT2D eigenvalue weighted by Crippen LogP contribution is 2.25. The Hall–Kier alpha value is -1.91. The largest absolute Gasteiger partial charge is 0.469 e. The van der Waals surface area contributed by atoms with Crippen molar-refractivity contribution in [2.45, 2.75) is 13.8 Å². The minimum absolute atomic E-state index is 0.0746. The van der Waals surface area contributed by atoms with E-state index in [2.05, 4.69) is 4.98 Å². The van der Waals surface area contributed by atoms with Crippen molar-refractivity contribution in [2.24, 2.45) is 11.8 Å². The SMILES string of the molecule is COC(=O)C1CN(C(=O)c2cncc(C)c2)CC1C. The summed E-state index contributed by atoms with van der Waals surface area (Å²) >= 11 is 0. The van der Waals surface area contributed by atoms with E-state index in [1.165, 1.54) is 7.11 Å². The molecule has 5 heteroatoms. The second-order valence-electron chi connectivity index (χ2n) is 5.07. The van der Waals surface area contributed by atoms with Gasteiger partial charge >= 0.3 is 5.97 Å². The molecule has 1 amide bonds. The van der Waals surface area contributed by atoms with Crippen molar-refractivity contribution in [3.8, 4) is 0 Å². The van der Waals surface area contributed by atoms with Gasteiger partial charge in [-0.05, 0) is 24.5 Å². The number of amides is 1. The topological polar surface area (TPSA) is 59.5 Å². The third kappa shape index (κ3) is 2.75. The molecule has 2 heterocycles. The van der Waals surface area contributed by atoms with E-state index < -0.39 is 0 Å². The maximum absolute atomic E-state index is 12.3. The Balaban J connectivity index is 2.12. The van der Waals surface area contributed by atoms with Crippen molar-refractivity contribution in [2.75, 3.05) is 20.2 Å².